The van der Waals surface area contributed by atoms with E-state index in [1.165, 1.54) is 4.90 Å². The maximum Gasteiger partial charge on any atom is 0.401 e. The highest BCUT2D eigenvalue weighted by atomic mass is 19.4. The van der Waals surface area contributed by atoms with Gasteiger partial charge >= 0.3 is 6.18 Å². The van der Waals surface area contributed by atoms with Crippen LogP contribution in [-0.4, -0.2) is 48.2 Å². The molecule has 1 amide bonds. The Kier molecular flexibility index (Phi) is 7.51. The number of halogens is 3. The van der Waals surface area contributed by atoms with E-state index in [0.717, 1.165) is 0 Å². The standard InChI is InChI=1S/C13H26F3N3O/c1-5-7-19(9-13(14,15)16)10(3)8-12(4,11(17)20)18-6-2/h10,18H,5-9H2,1-4H3,(H2,17,20). The normalized spacial score (nSPS) is 17.0. The van der Waals surface area contributed by atoms with Crippen molar-refractivity contribution in [2.45, 2.75) is 58.3 Å². The van der Waals surface area contributed by atoms with Gasteiger partial charge in [0.25, 0.3) is 0 Å². The lowest BCUT2D eigenvalue weighted by atomic mass is 9.92. The van der Waals surface area contributed by atoms with Gasteiger partial charge in [-0.25, -0.2) is 0 Å². The summed E-state index contributed by atoms with van der Waals surface area (Å²) < 4.78 is 37.7. The molecule has 0 rings (SSSR count). The van der Waals surface area contributed by atoms with Crippen molar-refractivity contribution in [3.63, 3.8) is 0 Å². The van der Waals surface area contributed by atoms with Gasteiger partial charge in [0.05, 0.1) is 12.1 Å². The summed E-state index contributed by atoms with van der Waals surface area (Å²) in [4.78, 5) is 12.9. The molecule has 20 heavy (non-hydrogen) atoms. The average Bonchev–Trinajstić information content (AvgIpc) is 2.26. The molecular weight excluding hydrogens is 271 g/mol. The van der Waals surface area contributed by atoms with Gasteiger partial charge in [0.2, 0.25) is 5.91 Å². The predicted molar refractivity (Wildman–Crippen MR) is 73.3 cm³/mol. The minimum Gasteiger partial charge on any atom is -0.368 e. The summed E-state index contributed by atoms with van der Waals surface area (Å²) >= 11 is 0. The molecule has 0 aromatic carbocycles. The molecule has 0 aliphatic carbocycles. The number of nitrogens with zero attached hydrogens (tertiary/aromatic N) is 1. The molecule has 4 nitrogen and oxygen atoms in total. The number of amides is 1. The first-order valence-electron chi connectivity index (χ1n) is 6.91. The third-order valence-electron chi connectivity index (χ3n) is 3.33. The predicted octanol–water partition coefficient (Wildman–Crippen LogP) is 1.89. The average molecular weight is 297 g/mol. The van der Waals surface area contributed by atoms with Crippen LogP contribution in [0.5, 0.6) is 0 Å². The van der Waals surface area contributed by atoms with Crippen molar-refractivity contribution < 1.29 is 18.0 Å². The van der Waals surface area contributed by atoms with Gasteiger partial charge in [-0.05, 0) is 39.8 Å². The lowest BCUT2D eigenvalue weighted by Gasteiger charge is -2.36. The first-order chi connectivity index (χ1) is 9.05. The van der Waals surface area contributed by atoms with E-state index in [1.54, 1.807) is 13.8 Å². The van der Waals surface area contributed by atoms with E-state index in [-0.39, 0.29) is 6.42 Å². The fraction of sp³-hybridized carbons (Fsp3) is 0.923. The second kappa shape index (κ2) is 7.83. The van der Waals surface area contributed by atoms with Gasteiger partial charge in [-0.15, -0.1) is 0 Å². The fourth-order valence-electron chi connectivity index (χ4n) is 2.34. The monoisotopic (exact) mass is 297 g/mol. The molecule has 3 N–H and O–H groups in total. The molecule has 0 saturated carbocycles. The zero-order valence-corrected chi connectivity index (χ0v) is 12.7. The summed E-state index contributed by atoms with van der Waals surface area (Å²) in [6.07, 6.45) is -3.38. The molecular formula is C13H26F3N3O. The largest absolute Gasteiger partial charge is 0.401 e. The van der Waals surface area contributed by atoms with Crippen molar-refractivity contribution in [2.24, 2.45) is 5.73 Å². The number of nitrogens with two attached hydrogens (primary N) is 1. The number of primary amides is 1. The molecule has 0 aliphatic rings. The van der Waals surface area contributed by atoms with Crippen LogP contribution in [0.2, 0.25) is 0 Å². The second-order valence-corrected chi connectivity index (χ2v) is 5.37. The van der Waals surface area contributed by atoms with Crippen LogP contribution in [0.4, 0.5) is 13.2 Å². The molecule has 0 spiro atoms. The Morgan fingerprint density at radius 1 is 1.35 bits per heavy atom. The third kappa shape index (κ3) is 6.56. The van der Waals surface area contributed by atoms with E-state index in [9.17, 15) is 18.0 Å². The number of alkyl halides is 3. The van der Waals surface area contributed by atoms with E-state index >= 15 is 0 Å². The summed E-state index contributed by atoms with van der Waals surface area (Å²) in [5.74, 6) is -0.547. The lowest BCUT2D eigenvalue weighted by Crippen LogP contribution is -2.56. The molecule has 0 heterocycles. The molecule has 0 bridgehead atoms. The minimum absolute atomic E-state index is 0.242. The zero-order chi connectivity index (χ0) is 16.0. The smallest absolute Gasteiger partial charge is 0.368 e. The Bertz CT molecular complexity index is 310. The van der Waals surface area contributed by atoms with Gasteiger partial charge < -0.3 is 11.1 Å². The third-order valence-corrected chi connectivity index (χ3v) is 3.33. The highest BCUT2D eigenvalue weighted by molar-refractivity contribution is 5.84. The van der Waals surface area contributed by atoms with Crippen molar-refractivity contribution >= 4 is 5.91 Å². The summed E-state index contributed by atoms with van der Waals surface area (Å²) in [5.41, 5.74) is 4.37. The van der Waals surface area contributed by atoms with E-state index < -0.39 is 30.2 Å². The van der Waals surface area contributed by atoms with Crippen LogP contribution in [0.3, 0.4) is 0 Å². The van der Waals surface area contributed by atoms with Crippen LogP contribution in [0.25, 0.3) is 0 Å². The topological polar surface area (TPSA) is 58.4 Å². The molecule has 0 saturated heterocycles. The van der Waals surface area contributed by atoms with Gasteiger partial charge in [0, 0.05) is 6.04 Å². The van der Waals surface area contributed by atoms with Crippen molar-refractivity contribution in [1.29, 1.82) is 0 Å². The Morgan fingerprint density at radius 3 is 2.25 bits per heavy atom. The quantitative estimate of drug-likeness (QED) is 0.683. The van der Waals surface area contributed by atoms with Crippen LogP contribution < -0.4 is 11.1 Å². The highest BCUT2D eigenvalue weighted by Gasteiger charge is 2.37. The molecule has 7 heteroatoms. The fourth-order valence-corrected chi connectivity index (χ4v) is 2.34. The number of likely N-dealkylation sites (N-methyl/N-ethyl adjacent to an activating group) is 1. The number of hydrogen-bond acceptors (Lipinski definition) is 3. The molecule has 0 fully saturated rings. The van der Waals surface area contributed by atoms with E-state index in [0.29, 0.717) is 19.5 Å². The number of hydrogen-bond donors (Lipinski definition) is 2. The number of carbonyl (C=O) groups excluding carboxylic acids is 1. The molecule has 0 aromatic rings. The Labute approximate surface area is 118 Å². The Morgan fingerprint density at radius 2 is 1.90 bits per heavy atom. The van der Waals surface area contributed by atoms with Crippen LogP contribution in [0.1, 0.15) is 40.5 Å². The SMILES string of the molecule is CCCN(CC(F)(F)F)C(C)CC(C)(NCC)C(N)=O. The molecule has 2 atom stereocenters. The molecule has 120 valence electrons. The number of rotatable bonds is 9. The Balaban J connectivity index is 4.88. The molecule has 0 aromatic heterocycles. The summed E-state index contributed by atoms with van der Waals surface area (Å²) in [6.45, 7) is 6.87. The van der Waals surface area contributed by atoms with E-state index in [4.69, 9.17) is 5.73 Å². The summed E-state index contributed by atoms with van der Waals surface area (Å²) in [5, 5.41) is 2.97. The van der Waals surface area contributed by atoms with Crippen LogP contribution >= 0.6 is 0 Å². The van der Waals surface area contributed by atoms with Crippen LogP contribution in [0, 0.1) is 0 Å². The zero-order valence-electron chi connectivity index (χ0n) is 12.7. The maximum absolute atomic E-state index is 12.6. The summed E-state index contributed by atoms with van der Waals surface area (Å²) in [7, 11) is 0. The summed E-state index contributed by atoms with van der Waals surface area (Å²) in [6, 6.07) is -0.395. The van der Waals surface area contributed by atoms with E-state index in [1.807, 2.05) is 13.8 Å². The van der Waals surface area contributed by atoms with Gasteiger partial charge in [-0.1, -0.05) is 13.8 Å². The first-order valence-corrected chi connectivity index (χ1v) is 6.91. The highest BCUT2D eigenvalue weighted by Crippen LogP contribution is 2.22. The van der Waals surface area contributed by atoms with Gasteiger partial charge in [0.15, 0.2) is 0 Å². The molecule has 0 radical (unpaired) electrons. The van der Waals surface area contributed by atoms with Crippen molar-refractivity contribution in [3.05, 3.63) is 0 Å². The second-order valence-electron chi connectivity index (χ2n) is 5.37. The van der Waals surface area contributed by atoms with Gasteiger partial charge in [-0.3, -0.25) is 9.69 Å². The number of carbonyl (C=O) groups is 1. The minimum atomic E-state index is -4.25. The van der Waals surface area contributed by atoms with Crippen molar-refractivity contribution in [2.75, 3.05) is 19.6 Å². The first kappa shape index (κ1) is 19.2. The number of nitrogens with one attached hydrogen (secondary N) is 1. The van der Waals surface area contributed by atoms with Gasteiger partial charge in [0.1, 0.15) is 0 Å². The van der Waals surface area contributed by atoms with Crippen LogP contribution in [0.15, 0.2) is 0 Å². The Hall–Kier alpha value is -0.820. The molecule has 2 unspecified atom stereocenters. The van der Waals surface area contributed by atoms with Crippen LogP contribution in [-0.2, 0) is 4.79 Å². The van der Waals surface area contributed by atoms with Crippen molar-refractivity contribution in [3.8, 4) is 0 Å². The van der Waals surface area contributed by atoms with E-state index in [2.05, 4.69) is 5.32 Å². The maximum atomic E-state index is 12.6. The molecule has 0 aliphatic heterocycles. The van der Waals surface area contributed by atoms with Gasteiger partial charge in [-0.2, -0.15) is 13.2 Å². The lowest BCUT2D eigenvalue weighted by molar-refractivity contribution is -0.151. The van der Waals surface area contributed by atoms with Crippen molar-refractivity contribution in [1.82, 2.24) is 10.2 Å².